The van der Waals surface area contributed by atoms with Gasteiger partial charge in [-0.2, -0.15) is 5.10 Å². The van der Waals surface area contributed by atoms with Crippen LogP contribution in [0.4, 0.5) is 11.4 Å². The van der Waals surface area contributed by atoms with Crippen molar-refractivity contribution in [3.63, 3.8) is 0 Å². The second-order valence-corrected chi connectivity index (χ2v) is 3.09. The lowest BCUT2D eigenvalue weighted by atomic mass is 10.5. The molecule has 0 fully saturated rings. The number of rotatable bonds is 4. The van der Waals surface area contributed by atoms with Crippen molar-refractivity contribution in [1.82, 2.24) is 20.0 Å². The largest absolute Gasteiger partial charge is 0.475 e. The minimum Gasteiger partial charge on any atom is -0.475 e. The monoisotopic (exact) mass is 254 g/mol. The number of hydrogen-bond donors (Lipinski definition) is 1. The second-order valence-electron chi connectivity index (χ2n) is 3.09. The van der Waals surface area contributed by atoms with E-state index in [1.165, 1.54) is 7.11 Å². The van der Waals surface area contributed by atoms with Gasteiger partial charge in [0.25, 0.3) is 0 Å². The predicted octanol–water partition coefficient (Wildman–Crippen LogP) is 0.420. The average molecular weight is 254 g/mol. The quantitative estimate of drug-likeness (QED) is 0.615. The van der Waals surface area contributed by atoms with Gasteiger partial charge in [-0.1, -0.05) is 0 Å². The van der Waals surface area contributed by atoms with E-state index in [0.717, 1.165) is 17.1 Å². The van der Waals surface area contributed by atoms with E-state index < -0.39 is 15.5 Å². The molecule has 94 valence electrons. The molecule has 0 unspecified atom stereocenters. The smallest absolute Gasteiger partial charge is 0.350 e. The molecule has 0 saturated heterocycles. The number of nitrogens with zero attached hydrogens (tertiary/aromatic N) is 5. The van der Waals surface area contributed by atoms with Gasteiger partial charge in [-0.05, 0) is 0 Å². The van der Waals surface area contributed by atoms with Gasteiger partial charge in [-0.3, -0.25) is 25.3 Å². The fourth-order valence-corrected chi connectivity index (χ4v) is 1.31. The minimum atomic E-state index is -0.704. The highest BCUT2D eigenvalue weighted by molar-refractivity contribution is 5.48. The Kier molecular flexibility index (Phi) is 2.63. The van der Waals surface area contributed by atoms with Crippen molar-refractivity contribution in [2.45, 2.75) is 0 Å². The highest BCUT2D eigenvalue weighted by Crippen LogP contribution is 2.28. The first-order valence-electron chi connectivity index (χ1n) is 4.50. The maximum atomic E-state index is 10.7. The van der Waals surface area contributed by atoms with Crippen LogP contribution in [0, 0.1) is 20.2 Å². The Morgan fingerprint density at radius 3 is 2.50 bits per heavy atom. The molecular weight excluding hydrogens is 248 g/mol. The summed E-state index contributed by atoms with van der Waals surface area (Å²) in [4.78, 5) is 20.0. The van der Waals surface area contributed by atoms with E-state index >= 15 is 0 Å². The van der Waals surface area contributed by atoms with Crippen molar-refractivity contribution in [2.75, 3.05) is 7.11 Å². The Balaban J connectivity index is 2.54. The molecule has 0 aliphatic rings. The molecule has 0 atom stereocenters. The van der Waals surface area contributed by atoms with Crippen molar-refractivity contribution in [3.8, 4) is 11.7 Å². The van der Waals surface area contributed by atoms with Gasteiger partial charge >= 0.3 is 17.3 Å². The summed E-state index contributed by atoms with van der Waals surface area (Å²) in [5.41, 5.74) is -0.753. The lowest BCUT2D eigenvalue weighted by Crippen LogP contribution is -2.00. The van der Waals surface area contributed by atoms with Crippen LogP contribution in [0.3, 0.4) is 0 Å². The topological polar surface area (TPSA) is 142 Å². The molecule has 0 bridgehead atoms. The van der Waals surface area contributed by atoms with Crippen molar-refractivity contribution in [1.29, 1.82) is 0 Å². The maximum absolute atomic E-state index is 10.7. The second kappa shape index (κ2) is 4.12. The normalized spacial score (nSPS) is 10.3. The molecule has 0 amide bonds. The number of ether oxygens (including phenoxy) is 1. The summed E-state index contributed by atoms with van der Waals surface area (Å²) >= 11 is 0. The molecule has 2 rings (SSSR count). The molecule has 11 heteroatoms. The van der Waals surface area contributed by atoms with E-state index in [-0.39, 0.29) is 17.4 Å². The summed E-state index contributed by atoms with van der Waals surface area (Å²) in [7, 11) is 1.21. The van der Waals surface area contributed by atoms with Crippen LogP contribution >= 0.6 is 0 Å². The van der Waals surface area contributed by atoms with Gasteiger partial charge in [0.1, 0.15) is 12.4 Å². The minimum absolute atomic E-state index is 0.0913. The Hall–Kier alpha value is -2.98. The van der Waals surface area contributed by atoms with Crippen LogP contribution in [0.1, 0.15) is 0 Å². The number of nitro groups is 2. The standard InChI is InChI=1S/C7H6N6O5/c1-18-7-5(13(16)17)3-11(10-7)6-4(12(14)15)2-8-9-6/h2-3H,1H3,(H,8,9). The molecule has 0 aliphatic heterocycles. The van der Waals surface area contributed by atoms with E-state index in [9.17, 15) is 20.2 Å². The molecule has 11 nitrogen and oxygen atoms in total. The zero-order valence-electron chi connectivity index (χ0n) is 8.93. The molecule has 1 N–H and O–H groups in total. The Morgan fingerprint density at radius 1 is 1.33 bits per heavy atom. The first kappa shape index (κ1) is 11.5. The number of nitrogens with one attached hydrogen (secondary N) is 1. The highest BCUT2D eigenvalue weighted by Gasteiger charge is 2.25. The summed E-state index contributed by atoms with van der Waals surface area (Å²) in [6.45, 7) is 0. The van der Waals surface area contributed by atoms with Crippen LogP contribution in [0.25, 0.3) is 5.82 Å². The first-order valence-corrected chi connectivity index (χ1v) is 4.50. The van der Waals surface area contributed by atoms with Crippen LogP contribution in [-0.2, 0) is 0 Å². The summed E-state index contributed by atoms with van der Waals surface area (Å²) < 4.78 is 5.64. The molecule has 2 aromatic rings. The molecule has 2 aromatic heterocycles. The molecular formula is C7H6N6O5. The maximum Gasteiger partial charge on any atom is 0.350 e. The molecule has 0 saturated carbocycles. The van der Waals surface area contributed by atoms with Crippen LogP contribution in [0.5, 0.6) is 5.88 Å². The van der Waals surface area contributed by atoms with Gasteiger partial charge in [0, 0.05) is 0 Å². The van der Waals surface area contributed by atoms with Gasteiger partial charge in [-0.15, -0.1) is 5.10 Å². The number of hydrogen-bond acceptors (Lipinski definition) is 7. The van der Waals surface area contributed by atoms with Crippen molar-refractivity contribution < 1.29 is 14.6 Å². The SMILES string of the molecule is COc1nn(-c2[nH]ncc2[N+](=O)[O-])cc1[N+](=O)[O-]. The molecule has 0 spiro atoms. The third-order valence-corrected chi connectivity index (χ3v) is 2.08. The summed E-state index contributed by atoms with van der Waals surface area (Å²) in [5.74, 6) is -0.338. The third-order valence-electron chi connectivity index (χ3n) is 2.08. The van der Waals surface area contributed by atoms with E-state index in [0.29, 0.717) is 0 Å². The van der Waals surface area contributed by atoms with Gasteiger partial charge in [0.2, 0.25) is 5.82 Å². The molecule has 18 heavy (non-hydrogen) atoms. The molecule has 0 aliphatic carbocycles. The fourth-order valence-electron chi connectivity index (χ4n) is 1.31. The molecule has 0 radical (unpaired) electrons. The van der Waals surface area contributed by atoms with Crippen LogP contribution in [0.15, 0.2) is 12.4 Å². The number of aromatic nitrogens is 4. The molecule has 0 aromatic carbocycles. The predicted molar refractivity (Wildman–Crippen MR) is 55.6 cm³/mol. The lowest BCUT2D eigenvalue weighted by molar-refractivity contribution is -0.386. The van der Waals surface area contributed by atoms with Crippen molar-refractivity contribution in [2.24, 2.45) is 0 Å². The number of aromatic amines is 1. The summed E-state index contributed by atoms with van der Waals surface area (Å²) in [5, 5.41) is 30.9. The lowest BCUT2D eigenvalue weighted by Gasteiger charge is -1.94. The van der Waals surface area contributed by atoms with E-state index in [1.54, 1.807) is 0 Å². The van der Waals surface area contributed by atoms with E-state index in [4.69, 9.17) is 4.74 Å². The van der Waals surface area contributed by atoms with E-state index in [2.05, 4.69) is 15.3 Å². The van der Waals surface area contributed by atoms with Gasteiger partial charge in [-0.25, -0.2) is 4.68 Å². The van der Waals surface area contributed by atoms with Crippen LogP contribution in [0.2, 0.25) is 0 Å². The van der Waals surface area contributed by atoms with Gasteiger partial charge < -0.3 is 4.74 Å². The summed E-state index contributed by atoms with van der Waals surface area (Å²) in [6.07, 6.45) is 1.98. The van der Waals surface area contributed by atoms with Gasteiger partial charge in [0.05, 0.1) is 17.0 Å². The van der Waals surface area contributed by atoms with Crippen LogP contribution < -0.4 is 4.74 Å². The molecule has 2 heterocycles. The zero-order valence-corrected chi connectivity index (χ0v) is 8.93. The third kappa shape index (κ3) is 1.73. The number of methoxy groups -OCH3 is 1. The van der Waals surface area contributed by atoms with Crippen LogP contribution in [-0.4, -0.2) is 36.9 Å². The van der Waals surface area contributed by atoms with Crippen molar-refractivity contribution in [3.05, 3.63) is 32.6 Å². The van der Waals surface area contributed by atoms with Gasteiger partial charge in [0.15, 0.2) is 0 Å². The van der Waals surface area contributed by atoms with Crippen molar-refractivity contribution >= 4 is 11.4 Å². The Labute approximate surface area is 98.3 Å². The van der Waals surface area contributed by atoms with E-state index in [1.807, 2.05) is 0 Å². The average Bonchev–Trinajstić information content (AvgIpc) is 2.94. The summed E-state index contributed by atoms with van der Waals surface area (Å²) in [6, 6.07) is 0. The highest BCUT2D eigenvalue weighted by atomic mass is 16.6. The first-order chi connectivity index (χ1) is 8.54. The fraction of sp³-hybridized carbons (Fsp3) is 0.143. The Morgan fingerprint density at radius 2 is 2.00 bits per heavy atom. The Bertz CT molecular complexity index is 616. The number of H-pyrrole nitrogens is 1. The zero-order chi connectivity index (χ0) is 13.3.